The number of aliphatic imine (C=N–C) groups is 1. The van der Waals surface area contributed by atoms with E-state index in [2.05, 4.69) is 30.5 Å². The molecule has 4 heteroatoms. The van der Waals surface area contributed by atoms with Crippen LogP contribution in [0.15, 0.2) is 23.7 Å². The smallest absolute Gasteiger partial charge is 0.106 e. The number of hydrogen-bond acceptors (Lipinski definition) is 4. The Kier molecular flexibility index (Phi) is 3.73. The van der Waals surface area contributed by atoms with E-state index in [-0.39, 0.29) is 6.04 Å². The predicted octanol–water partition coefficient (Wildman–Crippen LogP) is 2.31. The van der Waals surface area contributed by atoms with Crippen LogP contribution in [0, 0.1) is 6.92 Å². The number of rotatable bonds is 3. The van der Waals surface area contributed by atoms with Crippen molar-refractivity contribution in [3.05, 3.63) is 35.4 Å². The van der Waals surface area contributed by atoms with Crippen molar-refractivity contribution in [1.82, 2.24) is 4.90 Å². The minimum Gasteiger partial charge on any atom is -0.329 e. The van der Waals surface area contributed by atoms with Gasteiger partial charge >= 0.3 is 0 Å². The van der Waals surface area contributed by atoms with Gasteiger partial charge in [-0.3, -0.25) is 0 Å². The molecule has 1 aromatic carbocycles. The standard InChI is InChI=1S/C15H22N4/c1-9-7-13(10(2)17)15-14(8-9)11(3)19(6-5-16)12(4)18-15/h7-8,10H,3,5-6,16-17H2,1-2,4H3. The molecule has 19 heavy (non-hydrogen) atoms. The fourth-order valence-electron chi connectivity index (χ4n) is 2.49. The highest BCUT2D eigenvalue weighted by molar-refractivity contribution is 5.97. The van der Waals surface area contributed by atoms with E-state index < -0.39 is 0 Å². The van der Waals surface area contributed by atoms with Gasteiger partial charge in [-0.1, -0.05) is 12.6 Å². The fraction of sp³-hybridized carbons (Fsp3) is 0.400. The van der Waals surface area contributed by atoms with Gasteiger partial charge in [-0.15, -0.1) is 0 Å². The molecule has 0 radical (unpaired) electrons. The van der Waals surface area contributed by atoms with Crippen LogP contribution in [-0.2, 0) is 0 Å². The summed E-state index contributed by atoms with van der Waals surface area (Å²) in [5, 5.41) is 0. The van der Waals surface area contributed by atoms with E-state index in [1.165, 1.54) is 5.56 Å². The maximum atomic E-state index is 6.06. The zero-order chi connectivity index (χ0) is 14.2. The maximum Gasteiger partial charge on any atom is 0.106 e. The molecule has 4 N–H and O–H groups in total. The van der Waals surface area contributed by atoms with Crippen molar-refractivity contribution in [3.8, 4) is 0 Å². The van der Waals surface area contributed by atoms with E-state index in [0.717, 1.165) is 34.9 Å². The Labute approximate surface area is 114 Å². The molecule has 1 aliphatic rings. The molecule has 0 amide bonds. The van der Waals surface area contributed by atoms with Crippen LogP contribution in [0.2, 0.25) is 0 Å². The Morgan fingerprint density at radius 1 is 1.37 bits per heavy atom. The first kappa shape index (κ1) is 13.8. The van der Waals surface area contributed by atoms with Gasteiger partial charge < -0.3 is 16.4 Å². The highest BCUT2D eigenvalue weighted by Crippen LogP contribution is 2.38. The fourth-order valence-corrected chi connectivity index (χ4v) is 2.49. The molecule has 0 saturated carbocycles. The second kappa shape index (κ2) is 5.15. The van der Waals surface area contributed by atoms with E-state index in [1.54, 1.807) is 0 Å². The van der Waals surface area contributed by atoms with E-state index in [4.69, 9.17) is 16.5 Å². The van der Waals surface area contributed by atoms with Crippen LogP contribution in [0.25, 0.3) is 5.70 Å². The number of aryl methyl sites for hydroxylation is 1. The molecule has 0 aliphatic carbocycles. The highest BCUT2D eigenvalue weighted by atomic mass is 15.2. The van der Waals surface area contributed by atoms with Gasteiger partial charge in [0.15, 0.2) is 0 Å². The van der Waals surface area contributed by atoms with Crippen molar-refractivity contribution < 1.29 is 0 Å². The lowest BCUT2D eigenvalue weighted by atomic mass is 9.96. The number of amidine groups is 1. The molecule has 1 aliphatic heterocycles. The van der Waals surface area contributed by atoms with Gasteiger partial charge in [0.25, 0.3) is 0 Å². The predicted molar refractivity (Wildman–Crippen MR) is 81.3 cm³/mol. The quantitative estimate of drug-likeness (QED) is 0.874. The SMILES string of the molecule is C=C1c2cc(C)cc(C(C)N)c2N=C(C)N1CCN. The largest absolute Gasteiger partial charge is 0.329 e. The van der Waals surface area contributed by atoms with Crippen molar-refractivity contribution in [3.63, 3.8) is 0 Å². The summed E-state index contributed by atoms with van der Waals surface area (Å²) in [6.07, 6.45) is 0. The molecular formula is C15H22N4. The number of fused-ring (bicyclic) bond motifs is 1. The number of benzene rings is 1. The van der Waals surface area contributed by atoms with E-state index in [0.29, 0.717) is 6.54 Å². The average Bonchev–Trinajstić information content (AvgIpc) is 2.34. The topological polar surface area (TPSA) is 67.6 Å². The zero-order valence-corrected chi connectivity index (χ0v) is 11.9. The second-order valence-corrected chi connectivity index (χ2v) is 5.09. The molecule has 102 valence electrons. The first-order valence-corrected chi connectivity index (χ1v) is 6.58. The highest BCUT2D eigenvalue weighted by Gasteiger charge is 2.23. The second-order valence-electron chi connectivity index (χ2n) is 5.09. The Hall–Kier alpha value is -1.65. The Balaban J connectivity index is 2.61. The Morgan fingerprint density at radius 2 is 2.05 bits per heavy atom. The zero-order valence-electron chi connectivity index (χ0n) is 11.9. The van der Waals surface area contributed by atoms with Gasteiger partial charge in [0.05, 0.1) is 5.69 Å². The van der Waals surface area contributed by atoms with Gasteiger partial charge in [-0.25, -0.2) is 4.99 Å². The van der Waals surface area contributed by atoms with E-state index in [1.807, 2.05) is 13.8 Å². The van der Waals surface area contributed by atoms with Crippen LogP contribution in [0.3, 0.4) is 0 Å². The molecule has 0 fully saturated rings. The first-order valence-electron chi connectivity index (χ1n) is 6.58. The molecular weight excluding hydrogens is 236 g/mol. The molecule has 1 aromatic rings. The Morgan fingerprint density at radius 3 is 2.63 bits per heavy atom. The summed E-state index contributed by atoms with van der Waals surface area (Å²) in [6, 6.07) is 4.17. The molecule has 0 aromatic heterocycles. The summed E-state index contributed by atoms with van der Waals surface area (Å²) < 4.78 is 0. The average molecular weight is 258 g/mol. The van der Waals surface area contributed by atoms with Gasteiger partial charge in [-0.2, -0.15) is 0 Å². The van der Waals surface area contributed by atoms with Crippen LogP contribution < -0.4 is 11.5 Å². The van der Waals surface area contributed by atoms with Crippen molar-refractivity contribution in [2.75, 3.05) is 13.1 Å². The summed E-state index contributed by atoms with van der Waals surface area (Å²) in [5.41, 5.74) is 16.9. The van der Waals surface area contributed by atoms with Gasteiger partial charge in [-0.05, 0) is 38.0 Å². The van der Waals surface area contributed by atoms with Crippen LogP contribution >= 0.6 is 0 Å². The number of nitrogens with two attached hydrogens (primary N) is 2. The van der Waals surface area contributed by atoms with Crippen molar-refractivity contribution in [2.24, 2.45) is 16.5 Å². The normalized spacial score (nSPS) is 16.2. The molecule has 1 atom stereocenters. The molecule has 0 saturated heterocycles. The lowest BCUT2D eigenvalue weighted by Gasteiger charge is -2.32. The first-order chi connectivity index (χ1) is 8.95. The molecule has 4 nitrogen and oxygen atoms in total. The summed E-state index contributed by atoms with van der Waals surface area (Å²) in [4.78, 5) is 6.77. The van der Waals surface area contributed by atoms with Crippen LogP contribution in [0.4, 0.5) is 5.69 Å². The van der Waals surface area contributed by atoms with E-state index in [9.17, 15) is 0 Å². The lowest BCUT2D eigenvalue weighted by Crippen LogP contribution is -2.34. The third-order valence-electron chi connectivity index (χ3n) is 3.43. The summed E-state index contributed by atoms with van der Waals surface area (Å²) in [5.74, 6) is 0.925. The summed E-state index contributed by atoms with van der Waals surface area (Å²) in [6.45, 7) is 11.5. The van der Waals surface area contributed by atoms with Gasteiger partial charge in [0.2, 0.25) is 0 Å². The molecule has 1 heterocycles. The number of nitrogens with zero attached hydrogens (tertiary/aromatic N) is 2. The summed E-state index contributed by atoms with van der Waals surface area (Å²) in [7, 11) is 0. The number of hydrogen-bond donors (Lipinski definition) is 2. The van der Waals surface area contributed by atoms with Crippen LogP contribution in [0.5, 0.6) is 0 Å². The van der Waals surface area contributed by atoms with Crippen LogP contribution in [-0.4, -0.2) is 23.8 Å². The van der Waals surface area contributed by atoms with Gasteiger partial charge in [0, 0.05) is 30.4 Å². The van der Waals surface area contributed by atoms with E-state index >= 15 is 0 Å². The van der Waals surface area contributed by atoms with Gasteiger partial charge in [0.1, 0.15) is 5.84 Å². The third kappa shape index (κ3) is 2.41. The summed E-state index contributed by atoms with van der Waals surface area (Å²) >= 11 is 0. The Bertz CT molecular complexity index is 543. The van der Waals surface area contributed by atoms with Crippen molar-refractivity contribution >= 4 is 17.2 Å². The molecule has 0 bridgehead atoms. The molecule has 1 unspecified atom stereocenters. The third-order valence-corrected chi connectivity index (χ3v) is 3.43. The minimum absolute atomic E-state index is 0.0425. The molecule has 0 spiro atoms. The van der Waals surface area contributed by atoms with Crippen molar-refractivity contribution in [1.29, 1.82) is 0 Å². The monoisotopic (exact) mass is 258 g/mol. The lowest BCUT2D eigenvalue weighted by molar-refractivity contribution is 0.581. The van der Waals surface area contributed by atoms with Crippen LogP contribution in [0.1, 0.15) is 36.6 Å². The minimum atomic E-state index is -0.0425. The molecule has 2 rings (SSSR count). The van der Waals surface area contributed by atoms with Crippen molar-refractivity contribution in [2.45, 2.75) is 26.8 Å². The maximum absolute atomic E-state index is 6.06.